The van der Waals surface area contributed by atoms with Gasteiger partial charge in [0.25, 0.3) is 5.91 Å². The average molecular weight is 333 g/mol. The van der Waals surface area contributed by atoms with E-state index in [0.717, 1.165) is 25.1 Å². The van der Waals surface area contributed by atoms with Crippen molar-refractivity contribution in [2.75, 3.05) is 25.0 Å². The summed E-state index contributed by atoms with van der Waals surface area (Å²) in [6.45, 7) is 7.36. The van der Waals surface area contributed by atoms with E-state index in [1.165, 1.54) is 0 Å². The number of benzene rings is 1. The van der Waals surface area contributed by atoms with Crippen LogP contribution in [0, 0.1) is 0 Å². The summed E-state index contributed by atoms with van der Waals surface area (Å²) in [7, 11) is 0. The van der Waals surface area contributed by atoms with E-state index in [-0.39, 0.29) is 30.0 Å². The van der Waals surface area contributed by atoms with Crippen LogP contribution >= 0.6 is 0 Å². The van der Waals surface area contributed by atoms with Gasteiger partial charge in [-0.05, 0) is 57.9 Å². The lowest BCUT2D eigenvalue weighted by molar-refractivity contribution is -0.119. The summed E-state index contributed by atoms with van der Waals surface area (Å²) in [6.07, 6.45) is 2.22. The van der Waals surface area contributed by atoms with Crippen molar-refractivity contribution in [3.63, 3.8) is 0 Å². The highest BCUT2D eigenvalue weighted by atomic mass is 16.5. The SMILES string of the molecule is CC(C)(C)NC(=O)c1ccc(NCC(=O)NCC2CCCO2)cc1. The van der Waals surface area contributed by atoms with Gasteiger partial charge < -0.3 is 20.7 Å². The van der Waals surface area contributed by atoms with Gasteiger partial charge in [0.05, 0.1) is 12.6 Å². The predicted molar refractivity (Wildman–Crippen MR) is 94.1 cm³/mol. The smallest absolute Gasteiger partial charge is 0.251 e. The zero-order valence-electron chi connectivity index (χ0n) is 14.6. The maximum absolute atomic E-state index is 12.0. The largest absolute Gasteiger partial charge is 0.376 e. The second-order valence-corrected chi connectivity index (χ2v) is 7.07. The molecule has 1 heterocycles. The molecule has 2 amide bonds. The number of carbonyl (C=O) groups is 2. The summed E-state index contributed by atoms with van der Waals surface area (Å²) in [4.78, 5) is 23.9. The Morgan fingerprint density at radius 3 is 2.50 bits per heavy atom. The lowest BCUT2D eigenvalue weighted by Crippen LogP contribution is -2.40. The Bertz CT molecular complexity index is 558. The Kier molecular flexibility index (Phi) is 6.20. The van der Waals surface area contributed by atoms with Gasteiger partial charge >= 0.3 is 0 Å². The van der Waals surface area contributed by atoms with Gasteiger partial charge in [0.2, 0.25) is 5.91 Å². The molecule has 1 fully saturated rings. The van der Waals surface area contributed by atoms with Gasteiger partial charge in [0.15, 0.2) is 0 Å². The van der Waals surface area contributed by atoms with Crippen molar-refractivity contribution < 1.29 is 14.3 Å². The number of amides is 2. The van der Waals surface area contributed by atoms with Crippen LogP contribution in [0.15, 0.2) is 24.3 Å². The lowest BCUT2D eigenvalue weighted by atomic mass is 10.1. The average Bonchev–Trinajstić information content (AvgIpc) is 3.03. The monoisotopic (exact) mass is 333 g/mol. The molecule has 2 rings (SSSR count). The summed E-state index contributed by atoms with van der Waals surface area (Å²) in [5.41, 5.74) is 1.13. The van der Waals surface area contributed by atoms with E-state index in [1.54, 1.807) is 24.3 Å². The molecule has 0 radical (unpaired) electrons. The van der Waals surface area contributed by atoms with Gasteiger partial charge in [-0.3, -0.25) is 9.59 Å². The quantitative estimate of drug-likeness (QED) is 0.743. The molecule has 0 spiro atoms. The predicted octanol–water partition coefficient (Wildman–Crippen LogP) is 1.92. The van der Waals surface area contributed by atoms with Crippen LogP contribution in [-0.2, 0) is 9.53 Å². The third kappa shape index (κ3) is 6.20. The van der Waals surface area contributed by atoms with E-state index < -0.39 is 0 Å². The van der Waals surface area contributed by atoms with Crippen LogP contribution in [0.1, 0.15) is 44.0 Å². The number of rotatable bonds is 6. The third-order valence-corrected chi connectivity index (χ3v) is 3.64. The summed E-state index contributed by atoms with van der Waals surface area (Å²) >= 11 is 0. The normalized spacial score (nSPS) is 17.4. The molecule has 6 nitrogen and oxygen atoms in total. The topological polar surface area (TPSA) is 79.5 Å². The zero-order chi connectivity index (χ0) is 17.6. The molecule has 0 aliphatic carbocycles. The number of ether oxygens (including phenoxy) is 1. The Morgan fingerprint density at radius 2 is 1.92 bits per heavy atom. The van der Waals surface area contributed by atoms with Crippen molar-refractivity contribution in [1.29, 1.82) is 0 Å². The minimum Gasteiger partial charge on any atom is -0.376 e. The number of carbonyl (C=O) groups excluding carboxylic acids is 2. The molecule has 1 aliphatic rings. The van der Waals surface area contributed by atoms with Crippen LogP contribution in [0.2, 0.25) is 0 Å². The van der Waals surface area contributed by atoms with Crippen LogP contribution in [0.25, 0.3) is 0 Å². The van der Waals surface area contributed by atoms with Gasteiger partial charge in [0.1, 0.15) is 0 Å². The molecule has 1 aromatic carbocycles. The summed E-state index contributed by atoms with van der Waals surface area (Å²) in [5.74, 6) is -0.177. The van der Waals surface area contributed by atoms with Gasteiger partial charge in [-0.2, -0.15) is 0 Å². The van der Waals surface area contributed by atoms with Crippen molar-refractivity contribution in [2.45, 2.75) is 45.3 Å². The van der Waals surface area contributed by atoms with Gasteiger partial charge in [-0.1, -0.05) is 0 Å². The fraction of sp³-hybridized carbons (Fsp3) is 0.556. The van der Waals surface area contributed by atoms with Crippen molar-refractivity contribution >= 4 is 17.5 Å². The molecule has 1 saturated heterocycles. The third-order valence-electron chi connectivity index (χ3n) is 3.64. The second-order valence-electron chi connectivity index (χ2n) is 7.07. The van der Waals surface area contributed by atoms with Crippen molar-refractivity contribution in [2.24, 2.45) is 0 Å². The fourth-order valence-electron chi connectivity index (χ4n) is 2.43. The van der Waals surface area contributed by atoms with Gasteiger partial charge in [-0.25, -0.2) is 0 Å². The van der Waals surface area contributed by atoms with Gasteiger partial charge in [-0.15, -0.1) is 0 Å². The van der Waals surface area contributed by atoms with Crippen LogP contribution in [0.5, 0.6) is 0 Å². The number of anilines is 1. The first-order chi connectivity index (χ1) is 11.3. The van der Waals surface area contributed by atoms with E-state index in [9.17, 15) is 9.59 Å². The van der Waals surface area contributed by atoms with E-state index in [1.807, 2.05) is 20.8 Å². The Hall–Kier alpha value is -2.08. The van der Waals surface area contributed by atoms with E-state index in [2.05, 4.69) is 16.0 Å². The number of nitrogens with one attached hydrogen (secondary N) is 3. The number of hydrogen-bond donors (Lipinski definition) is 3. The van der Waals surface area contributed by atoms with Crippen molar-refractivity contribution in [1.82, 2.24) is 10.6 Å². The standard InChI is InChI=1S/C18H27N3O3/c1-18(2,3)21-17(23)13-6-8-14(9-7-13)19-12-16(22)20-11-15-5-4-10-24-15/h6-9,15,19H,4-5,10-12H2,1-3H3,(H,20,22)(H,21,23). The molecular formula is C18H27N3O3. The van der Waals surface area contributed by atoms with E-state index >= 15 is 0 Å². The summed E-state index contributed by atoms with van der Waals surface area (Å²) in [6, 6.07) is 7.08. The summed E-state index contributed by atoms with van der Waals surface area (Å²) < 4.78 is 5.46. The lowest BCUT2D eigenvalue weighted by Gasteiger charge is -2.20. The Labute approximate surface area is 143 Å². The van der Waals surface area contributed by atoms with Crippen LogP contribution in [-0.4, -0.2) is 43.2 Å². The van der Waals surface area contributed by atoms with Crippen molar-refractivity contribution in [3.05, 3.63) is 29.8 Å². The first-order valence-corrected chi connectivity index (χ1v) is 8.38. The molecule has 1 unspecified atom stereocenters. The van der Waals surface area contributed by atoms with Crippen LogP contribution < -0.4 is 16.0 Å². The molecule has 132 valence electrons. The first-order valence-electron chi connectivity index (χ1n) is 8.38. The van der Waals surface area contributed by atoms with E-state index in [0.29, 0.717) is 12.1 Å². The molecule has 0 aromatic heterocycles. The zero-order valence-corrected chi connectivity index (χ0v) is 14.6. The highest BCUT2D eigenvalue weighted by Crippen LogP contribution is 2.12. The molecule has 1 aromatic rings. The molecule has 3 N–H and O–H groups in total. The van der Waals surface area contributed by atoms with Crippen LogP contribution in [0.4, 0.5) is 5.69 Å². The van der Waals surface area contributed by atoms with Gasteiger partial charge in [0, 0.05) is 29.9 Å². The minimum atomic E-state index is -0.269. The van der Waals surface area contributed by atoms with Crippen molar-refractivity contribution in [3.8, 4) is 0 Å². The Balaban J connectivity index is 1.74. The molecule has 1 aliphatic heterocycles. The highest BCUT2D eigenvalue weighted by Gasteiger charge is 2.16. The maximum atomic E-state index is 12.0. The molecule has 0 bridgehead atoms. The molecular weight excluding hydrogens is 306 g/mol. The minimum absolute atomic E-state index is 0.0694. The second kappa shape index (κ2) is 8.15. The highest BCUT2D eigenvalue weighted by molar-refractivity contribution is 5.95. The molecule has 6 heteroatoms. The number of hydrogen-bond acceptors (Lipinski definition) is 4. The maximum Gasteiger partial charge on any atom is 0.251 e. The fourth-order valence-corrected chi connectivity index (χ4v) is 2.43. The Morgan fingerprint density at radius 1 is 1.21 bits per heavy atom. The van der Waals surface area contributed by atoms with Crippen LogP contribution in [0.3, 0.4) is 0 Å². The molecule has 24 heavy (non-hydrogen) atoms. The molecule has 1 atom stereocenters. The van der Waals surface area contributed by atoms with E-state index in [4.69, 9.17) is 4.74 Å². The first kappa shape index (κ1) is 18.3. The summed E-state index contributed by atoms with van der Waals surface area (Å²) in [5, 5.41) is 8.82. The molecule has 0 saturated carbocycles.